The number of rotatable bonds is 4. The van der Waals surface area contributed by atoms with Crippen LogP contribution in [-0.2, 0) is 10.2 Å². The molecule has 2 aromatic carbocycles. The zero-order valence-electron chi connectivity index (χ0n) is 14.6. The molecule has 0 unspecified atom stereocenters. The molecule has 3 aromatic rings. The summed E-state index contributed by atoms with van der Waals surface area (Å²) in [6, 6.07) is 19.5. The van der Waals surface area contributed by atoms with Crippen LogP contribution in [0.4, 0.5) is 5.69 Å². The van der Waals surface area contributed by atoms with Gasteiger partial charge in [0.1, 0.15) is 0 Å². The van der Waals surface area contributed by atoms with Crippen LogP contribution >= 0.6 is 0 Å². The van der Waals surface area contributed by atoms with Crippen LogP contribution in [0.2, 0.25) is 0 Å². The van der Waals surface area contributed by atoms with Crippen LogP contribution in [0.15, 0.2) is 66.9 Å². The second-order valence-electron chi connectivity index (χ2n) is 6.90. The normalized spacial score (nSPS) is 16.0. The number of aromatic nitrogens is 1. The van der Waals surface area contributed by atoms with E-state index in [0.717, 1.165) is 35.4 Å². The zero-order chi connectivity index (χ0) is 18.3. The van der Waals surface area contributed by atoms with Crippen LogP contribution in [0.25, 0.3) is 11.3 Å². The van der Waals surface area contributed by atoms with Crippen molar-refractivity contribution in [2.75, 3.05) is 12.1 Å². The molecule has 1 saturated carbocycles. The number of anilines is 1. The van der Waals surface area contributed by atoms with E-state index in [1.54, 1.807) is 6.20 Å². The molecule has 1 aliphatic carbocycles. The molecular weight excluding hydrogens is 340 g/mol. The average Bonchev–Trinajstić information content (AvgIpc) is 3.40. The van der Waals surface area contributed by atoms with Crippen LogP contribution < -0.4 is 14.8 Å². The maximum Gasteiger partial charge on any atom is 0.235 e. The molecule has 1 N–H and O–H groups in total. The summed E-state index contributed by atoms with van der Waals surface area (Å²) in [4.78, 5) is 17.4. The summed E-state index contributed by atoms with van der Waals surface area (Å²) in [5, 5.41) is 3.02. The van der Waals surface area contributed by atoms with E-state index in [2.05, 4.69) is 10.3 Å². The number of pyridine rings is 1. The highest BCUT2D eigenvalue weighted by Gasteiger charge is 2.51. The van der Waals surface area contributed by atoms with Crippen molar-refractivity contribution in [1.82, 2.24) is 4.98 Å². The number of ether oxygens (including phenoxy) is 2. The van der Waals surface area contributed by atoms with Gasteiger partial charge < -0.3 is 14.8 Å². The minimum absolute atomic E-state index is 0.00405. The van der Waals surface area contributed by atoms with Crippen molar-refractivity contribution in [3.63, 3.8) is 0 Å². The maximum atomic E-state index is 12.9. The first-order valence-electron chi connectivity index (χ1n) is 8.98. The standard InChI is InChI=1S/C22H18N2O3/c25-21(22(10-11-22)16-6-9-19-20(12-16)27-14-26-19)24-17-7-8-18(23-13-17)15-4-2-1-3-5-15/h1-9,12-13H,10-11,14H2,(H,24,25). The molecule has 5 rings (SSSR count). The number of carbonyl (C=O) groups is 1. The second-order valence-corrected chi connectivity index (χ2v) is 6.90. The summed E-state index contributed by atoms with van der Waals surface area (Å²) in [6.45, 7) is 0.234. The largest absolute Gasteiger partial charge is 0.454 e. The highest BCUT2D eigenvalue weighted by molar-refractivity contribution is 6.01. The molecule has 1 aliphatic heterocycles. The van der Waals surface area contributed by atoms with Gasteiger partial charge in [0.2, 0.25) is 12.7 Å². The molecule has 0 bridgehead atoms. The summed E-state index contributed by atoms with van der Waals surface area (Å²) in [5.41, 5.74) is 3.11. The lowest BCUT2D eigenvalue weighted by Crippen LogP contribution is -2.27. The number of carbonyl (C=O) groups excluding carboxylic acids is 1. The van der Waals surface area contributed by atoms with Gasteiger partial charge >= 0.3 is 0 Å². The summed E-state index contributed by atoms with van der Waals surface area (Å²) in [6.07, 6.45) is 3.36. The Morgan fingerprint density at radius 3 is 2.52 bits per heavy atom. The van der Waals surface area contributed by atoms with E-state index >= 15 is 0 Å². The zero-order valence-corrected chi connectivity index (χ0v) is 14.6. The van der Waals surface area contributed by atoms with Gasteiger partial charge in [0.25, 0.3) is 0 Å². The first kappa shape index (κ1) is 15.9. The highest BCUT2D eigenvalue weighted by Crippen LogP contribution is 2.51. The Morgan fingerprint density at radius 2 is 1.78 bits per heavy atom. The van der Waals surface area contributed by atoms with Crippen molar-refractivity contribution in [2.45, 2.75) is 18.3 Å². The Labute approximate surface area is 157 Å². The van der Waals surface area contributed by atoms with Crippen molar-refractivity contribution in [1.29, 1.82) is 0 Å². The minimum Gasteiger partial charge on any atom is -0.454 e. The monoisotopic (exact) mass is 358 g/mol. The third kappa shape index (κ3) is 2.81. The van der Waals surface area contributed by atoms with Crippen molar-refractivity contribution >= 4 is 11.6 Å². The van der Waals surface area contributed by atoms with Gasteiger partial charge in [-0.1, -0.05) is 36.4 Å². The third-order valence-electron chi connectivity index (χ3n) is 5.20. The van der Waals surface area contributed by atoms with Crippen LogP contribution in [0, 0.1) is 0 Å². The van der Waals surface area contributed by atoms with Crippen molar-refractivity contribution < 1.29 is 14.3 Å². The number of nitrogens with one attached hydrogen (secondary N) is 1. The number of hydrogen-bond donors (Lipinski definition) is 1. The van der Waals surface area contributed by atoms with Crippen molar-refractivity contribution in [3.05, 3.63) is 72.4 Å². The topological polar surface area (TPSA) is 60.5 Å². The lowest BCUT2D eigenvalue weighted by molar-refractivity contribution is -0.118. The number of hydrogen-bond acceptors (Lipinski definition) is 4. The molecule has 2 aliphatic rings. The van der Waals surface area contributed by atoms with Crippen LogP contribution in [-0.4, -0.2) is 17.7 Å². The summed E-state index contributed by atoms with van der Waals surface area (Å²) in [5.74, 6) is 1.44. The molecule has 0 saturated heterocycles. The SMILES string of the molecule is O=C(Nc1ccc(-c2ccccc2)nc1)C1(c2ccc3c(c2)OCO3)CC1. The molecule has 5 nitrogen and oxygen atoms in total. The molecule has 1 aromatic heterocycles. The molecule has 27 heavy (non-hydrogen) atoms. The third-order valence-corrected chi connectivity index (χ3v) is 5.20. The van der Waals surface area contributed by atoms with E-state index in [-0.39, 0.29) is 12.7 Å². The number of nitrogens with zero attached hydrogens (tertiary/aromatic N) is 1. The molecule has 0 radical (unpaired) electrons. The van der Waals surface area contributed by atoms with Gasteiger partial charge in [-0.3, -0.25) is 9.78 Å². The van der Waals surface area contributed by atoms with E-state index in [0.29, 0.717) is 11.4 Å². The molecule has 2 heterocycles. The highest BCUT2D eigenvalue weighted by atomic mass is 16.7. The maximum absolute atomic E-state index is 12.9. The van der Waals surface area contributed by atoms with Gasteiger partial charge in [0.15, 0.2) is 11.5 Å². The van der Waals surface area contributed by atoms with Crippen LogP contribution in [0.1, 0.15) is 18.4 Å². The van der Waals surface area contributed by atoms with E-state index in [4.69, 9.17) is 9.47 Å². The predicted octanol–water partition coefficient (Wildman–Crippen LogP) is 4.15. The number of amides is 1. The number of benzene rings is 2. The van der Waals surface area contributed by atoms with E-state index < -0.39 is 5.41 Å². The minimum atomic E-state index is -0.487. The lowest BCUT2D eigenvalue weighted by atomic mass is 9.94. The summed E-state index contributed by atoms with van der Waals surface area (Å²) < 4.78 is 10.8. The quantitative estimate of drug-likeness (QED) is 0.761. The Morgan fingerprint density at radius 1 is 0.963 bits per heavy atom. The summed E-state index contributed by atoms with van der Waals surface area (Å²) >= 11 is 0. The molecule has 5 heteroatoms. The fraction of sp³-hybridized carbons (Fsp3) is 0.182. The summed E-state index contributed by atoms with van der Waals surface area (Å²) in [7, 11) is 0. The van der Waals surface area contributed by atoms with E-state index in [9.17, 15) is 4.79 Å². The molecular formula is C22H18N2O3. The average molecular weight is 358 g/mol. The fourth-order valence-electron chi connectivity index (χ4n) is 3.46. The van der Waals surface area contributed by atoms with Gasteiger partial charge in [-0.15, -0.1) is 0 Å². The fourth-order valence-corrected chi connectivity index (χ4v) is 3.46. The Bertz CT molecular complexity index is 996. The Balaban J connectivity index is 1.34. The predicted molar refractivity (Wildman–Crippen MR) is 102 cm³/mol. The van der Waals surface area contributed by atoms with Crippen molar-refractivity contribution in [2.24, 2.45) is 0 Å². The van der Waals surface area contributed by atoms with E-state index in [1.807, 2.05) is 60.7 Å². The smallest absolute Gasteiger partial charge is 0.235 e. The van der Waals surface area contributed by atoms with Crippen LogP contribution in [0.5, 0.6) is 11.5 Å². The molecule has 1 amide bonds. The Kier molecular flexibility index (Phi) is 3.60. The van der Waals surface area contributed by atoms with Gasteiger partial charge in [0, 0.05) is 5.56 Å². The first-order chi connectivity index (χ1) is 13.2. The molecule has 1 fully saturated rings. The molecule has 134 valence electrons. The Hall–Kier alpha value is -3.34. The number of fused-ring (bicyclic) bond motifs is 1. The molecule has 0 spiro atoms. The lowest BCUT2D eigenvalue weighted by Gasteiger charge is -2.16. The van der Waals surface area contributed by atoms with Gasteiger partial charge in [0.05, 0.1) is 23.0 Å². The van der Waals surface area contributed by atoms with Gasteiger partial charge in [-0.25, -0.2) is 0 Å². The van der Waals surface area contributed by atoms with Gasteiger partial charge in [-0.05, 0) is 42.7 Å². The molecule has 0 atom stereocenters. The van der Waals surface area contributed by atoms with Gasteiger partial charge in [-0.2, -0.15) is 0 Å². The van der Waals surface area contributed by atoms with Crippen molar-refractivity contribution in [3.8, 4) is 22.8 Å². The first-order valence-corrected chi connectivity index (χ1v) is 8.98. The second kappa shape index (κ2) is 6.13. The van der Waals surface area contributed by atoms with E-state index in [1.165, 1.54) is 0 Å². The van der Waals surface area contributed by atoms with Crippen LogP contribution in [0.3, 0.4) is 0 Å².